The van der Waals surface area contributed by atoms with Crippen molar-refractivity contribution in [2.75, 3.05) is 38.0 Å². The highest BCUT2D eigenvalue weighted by atomic mass is 32.1. The van der Waals surface area contributed by atoms with E-state index < -0.39 is 6.10 Å². The normalized spacial score (nSPS) is 17.9. The lowest BCUT2D eigenvalue weighted by molar-refractivity contribution is -0.124. The second-order valence-electron chi connectivity index (χ2n) is 7.05. The van der Waals surface area contributed by atoms with Crippen LogP contribution < -0.4 is 20.1 Å². The Morgan fingerprint density at radius 1 is 1.27 bits per heavy atom. The molecule has 1 fully saturated rings. The van der Waals surface area contributed by atoms with Gasteiger partial charge in [0.1, 0.15) is 17.6 Å². The van der Waals surface area contributed by atoms with Gasteiger partial charge in [-0.15, -0.1) is 0 Å². The third-order valence-electron chi connectivity index (χ3n) is 5.12. The number of hydrogen-bond donors (Lipinski definition) is 2. The molecule has 1 saturated heterocycles. The molecule has 0 bridgehead atoms. The van der Waals surface area contributed by atoms with Crippen LogP contribution >= 0.6 is 11.3 Å². The van der Waals surface area contributed by atoms with Crippen LogP contribution in [0.5, 0.6) is 11.5 Å². The van der Waals surface area contributed by atoms with Gasteiger partial charge in [0.2, 0.25) is 0 Å². The predicted octanol–water partition coefficient (Wildman–Crippen LogP) is 2.87. The molecule has 2 aromatic rings. The minimum absolute atomic E-state index is 0.153. The number of nitrogens with one attached hydrogen (secondary N) is 2. The van der Waals surface area contributed by atoms with Crippen molar-refractivity contribution in [3.05, 3.63) is 28.8 Å². The number of amides is 3. The first-order chi connectivity index (χ1) is 14.6. The Bertz CT molecular complexity index is 941. The molecule has 0 saturated carbocycles. The van der Waals surface area contributed by atoms with E-state index in [0.29, 0.717) is 48.4 Å². The Morgan fingerprint density at radius 3 is 2.87 bits per heavy atom. The quantitative estimate of drug-likeness (QED) is 0.753. The van der Waals surface area contributed by atoms with Crippen molar-refractivity contribution in [2.24, 2.45) is 0 Å². The second-order valence-corrected chi connectivity index (χ2v) is 8.13. The molecule has 0 aliphatic carbocycles. The summed E-state index contributed by atoms with van der Waals surface area (Å²) in [5.74, 6) is 1.02. The van der Waals surface area contributed by atoms with Gasteiger partial charge in [-0.2, -0.15) is 0 Å². The smallest absolute Gasteiger partial charge is 0.322 e. The molecular weight excluding hydrogens is 408 g/mol. The van der Waals surface area contributed by atoms with E-state index in [1.54, 1.807) is 37.3 Å². The Kier molecular flexibility index (Phi) is 6.05. The van der Waals surface area contributed by atoms with Crippen LogP contribution in [0.15, 0.2) is 18.2 Å². The number of carbonyl (C=O) groups excluding carboxylic acids is 2. The zero-order valence-corrected chi connectivity index (χ0v) is 17.7. The highest BCUT2D eigenvalue weighted by molar-refractivity contribution is 7.15. The maximum atomic E-state index is 12.8. The van der Waals surface area contributed by atoms with Crippen LogP contribution in [-0.4, -0.2) is 55.3 Å². The lowest BCUT2D eigenvalue weighted by atomic mass is 10.2. The van der Waals surface area contributed by atoms with Gasteiger partial charge in [0.25, 0.3) is 5.91 Å². The average molecular weight is 433 g/mol. The zero-order chi connectivity index (χ0) is 21.1. The molecule has 3 amide bonds. The van der Waals surface area contributed by atoms with Crippen LogP contribution in [0.1, 0.15) is 23.4 Å². The van der Waals surface area contributed by atoms with Crippen LogP contribution in [0.3, 0.4) is 0 Å². The van der Waals surface area contributed by atoms with Crippen LogP contribution in [0.4, 0.5) is 15.6 Å². The monoisotopic (exact) mass is 432 g/mol. The summed E-state index contributed by atoms with van der Waals surface area (Å²) in [5.41, 5.74) is 1.50. The third-order valence-corrected chi connectivity index (χ3v) is 6.12. The van der Waals surface area contributed by atoms with E-state index in [2.05, 4.69) is 15.6 Å². The summed E-state index contributed by atoms with van der Waals surface area (Å²) < 4.78 is 15.9. The molecule has 2 N–H and O–H groups in total. The highest BCUT2D eigenvalue weighted by Gasteiger charge is 2.27. The number of benzene rings is 1. The van der Waals surface area contributed by atoms with Crippen LogP contribution in [-0.2, 0) is 22.5 Å². The molecule has 4 rings (SSSR count). The van der Waals surface area contributed by atoms with E-state index in [1.165, 1.54) is 11.3 Å². The maximum absolute atomic E-state index is 12.8. The molecule has 0 spiro atoms. The van der Waals surface area contributed by atoms with Gasteiger partial charge in [-0.1, -0.05) is 11.3 Å². The summed E-state index contributed by atoms with van der Waals surface area (Å²) in [6.07, 6.45) is 1.87. The molecule has 1 aromatic heterocycles. The minimum atomic E-state index is -0.396. The fraction of sp³-hybridized carbons (Fsp3) is 0.450. The molecular formula is C20H24N4O5S. The molecule has 1 unspecified atom stereocenters. The number of ether oxygens (including phenoxy) is 3. The Labute approximate surface area is 178 Å². The fourth-order valence-electron chi connectivity index (χ4n) is 3.49. The van der Waals surface area contributed by atoms with Gasteiger partial charge in [-0.05, 0) is 25.0 Å². The maximum Gasteiger partial charge on any atom is 0.322 e. The number of hydrogen-bond acceptors (Lipinski definition) is 7. The Balaban J connectivity index is 1.39. The summed E-state index contributed by atoms with van der Waals surface area (Å²) in [4.78, 5) is 32.2. The molecule has 2 aliphatic rings. The van der Waals surface area contributed by atoms with Crippen molar-refractivity contribution in [2.45, 2.75) is 31.9 Å². The lowest BCUT2D eigenvalue weighted by Gasteiger charge is -2.26. The third kappa shape index (κ3) is 4.34. The van der Waals surface area contributed by atoms with Crippen molar-refractivity contribution in [1.82, 2.24) is 9.88 Å². The van der Waals surface area contributed by atoms with Crippen LogP contribution in [0.2, 0.25) is 0 Å². The molecule has 10 heteroatoms. The SMILES string of the molecule is COc1ccc(NC(=O)N2CCc3nc(NC(=O)C4CCCO4)sc3C2)c(OC)c1. The second kappa shape index (κ2) is 8.88. The topological polar surface area (TPSA) is 102 Å². The Hall–Kier alpha value is -2.85. The largest absolute Gasteiger partial charge is 0.497 e. The highest BCUT2D eigenvalue weighted by Crippen LogP contribution is 2.31. The minimum Gasteiger partial charge on any atom is -0.497 e. The number of carbonyl (C=O) groups is 2. The average Bonchev–Trinajstić information content (AvgIpc) is 3.43. The molecule has 0 radical (unpaired) electrons. The number of fused-ring (bicyclic) bond motifs is 1. The summed E-state index contributed by atoms with van der Waals surface area (Å²) >= 11 is 1.40. The molecule has 2 aliphatic heterocycles. The molecule has 160 valence electrons. The first kappa shape index (κ1) is 20.4. The van der Waals surface area contributed by atoms with Gasteiger partial charge in [0, 0.05) is 30.5 Å². The fourth-order valence-corrected chi connectivity index (χ4v) is 4.52. The van der Waals surface area contributed by atoms with E-state index in [4.69, 9.17) is 14.2 Å². The van der Waals surface area contributed by atoms with Gasteiger partial charge in [0.05, 0.1) is 32.1 Å². The number of aromatic nitrogens is 1. The molecule has 30 heavy (non-hydrogen) atoms. The van der Waals surface area contributed by atoms with Gasteiger partial charge in [0.15, 0.2) is 5.13 Å². The zero-order valence-electron chi connectivity index (χ0n) is 16.9. The van der Waals surface area contributed by atoms with Gasteiger partial charge in [-0.3, -0.25) is 10.1 Å². The Morgan fingerprint density at radius 2 is 2.13 bits per heavy atom. The van der Waals surface area contributed by atoms with Gasteiger partial charge >= 0.3 is 6.03 Å². The molecule has 1 aromatic carbocycles. The lowest BCUT2D eigenvalue weighted by Crippen LogP contribution is -2.38. The van der Waals surface area contributed by atoms with Crippen LogP contribution in [0, 0.1) is 0 Å². The summed E-state index contributed by atoms with van der Waals surface area (Å²) in [6, 6.07) is 5.01. The van der Waals surface area contributed by atoms with Crippen molar-refractivity contribution in [3.8, 4) is 11.5 Å². The summed E-state index contributed by atoms with van der Waals surface area (Å²) in [5, 5.41) is 6.30. The predicted molar refractivity (Wildman–Crippen MR) is 112 cm³/mol. The van der Waals surface area contributed by atoms with Gasteiger partial charge < -0.3 is 24.4 Å². The molecule has 3 heterocycles. The van der Waals surface area contributed by atoms with Crippen molar-refractivity contribution < 1.29 is 23.8 Å². The summed E-state index contributed by atoms with van der Waals surface area (Å²) in [6.45, 7) is 1.60. The molecule has 9 nitrogen and oxygen atoms in total. The van der Waals surface area contributed by atoms with E-state index >= 15 is 0 Å². The first-order valence-corrected chi connectivity index (χ1v) is 10.6. The summed E-state index contributed by atoms with van der Waals surface area (Å²) in [7, 11) is 3.12. The first-order valence-electron chi connectivity index (χ1n) is 9.76. The number of rotatable bonds is 5. The number of anilines is 2. The van der Waals surface area contributed by atoms with Crippen molar-refractivity contribution in [1.29, 1.82) is 0 Å². The number of nitrogens with zero attached hydrogens (tertiary/aromatic N) is 2. The van der Waals surface area contributed by atoms with Crippen molar-refractivity contribution >= 4 is 34.1 Å². The number of urea groups is 1. The molecule has 1 atom stereocenters. The van der Waals surface area contributed by atoms with Gasteiger partial charge in [-0.25, -0.2) is 9.78 Å². The number of thiazole rings is 1. The van der Waals surface area contributed by atoms with Crippen LogP contribution in [0.25, 0.3) is 0 Å². The number of methoxy groups -OCH3 is 2. The van der Waals surface area contributed by atoms with E-state index in [-0.39, 0.29) is 11.9 Å². The van der Waals surface area contributed by atoms with E-state index in [1.807, 2.05) is 0 Å². The van der Waals surface area contributed by atoms with E-state index in [0.717, 1.165) is 23.4 Å². The van der Waals surface area contributed by atoms with E-state index in [9.17, 15) is 9.59 Å². The van der Waals surface area contributed by atoms with Crippen molar-refractivity contribution in [3.63, 3.8) is 0 Å². The standard InChI is InChI=1S/C20H24N4O5S/c1-27-12-5-6-13(16(10-12)28-2)22-20(26)24-8-7-14-17(11-24)30-19(21-14)23-18(25)15-4-3-9-29-15/h5-6,10,15H,3-4,7-9,11H2,1-2H3,(H,22,26)(H,21,23,25).